The van der Waals surface area contributed by atoms with Gasteiger partial charge in [0.1, 0.15) is 12.7 Å². The molecule has 26 heavy (non-hydrogen) atoms. The quantitative estimate of drug-likeness (QED) is 0.721. The Kier molecular flexibility index (Phi) is 6.39. The zero-order valence-electron chi connectivity index (χ0n) is 15.2. The van der Waals surface area contributed by atoms with Gasteiger partial charge in [-0.15, -0.1) is 0 Å². The number of aliphatic hydroxyl groups is 1. The van der Waals surface area contributed by atoms with Crippen LogP contribution in [-0.2, 0) is 9.84 Å². The lowest BCUT2D eigenvalue weighted by molar-refractivity contribution is 0.0384. The van der Waals surface area contributed by atoms with E-state index in [9.17, 15) is 13.5 Å². The molecule has 2 fully saturated rings. The molecule has 1 aromatic rings. The number of para-hydroxylation sites is 2. The van der Waals surface area contributed by atoms with Crippen molar-refractivity contribution in [1.82, 2.24) is 9.80 Å². The molecule has 2 aliphatic rings. The molecule has 7 nitrogen and oxygen atoms in total. The first kappa shape index (κ1) is 19.4. The summed E-state index contributed by atoms with van der Waals surface area (Å²) in [5.41, 5.74) is 0. The third-order valence-corrected chi connectivity index (χ3v) is 6.85. The van der Waals surface area contributed by atoms with Gasteiger partial charge in [-0.25, -0.2) is 8.42 Å². The lowest BCUT2D eigenvalue weighted by Gasteiger charge is -2.38. The van der Waals surface area contributed by atoms with Crippen LogP contribution in [0.3, 0.4) is 0 Å². The maximum absolute atomic E-state index is 11.6. The summed E-state index contributed by atoms with van der Waals surface area (Å²) in [7, 11) is -1.25. The summed E-state index contributed by atoms with van der Waals surface area (Å²) in [5, 5.41) is 10.3. The Labute approximate surface area is 155 Å². The summed E-state index contributed by atoms with van der Waals surface area (Å²) in [5.74, 6) is 1.89. The Balaban J connectivity index is 1.40. The first-order valence-electron chi connectivity index (χ1n) is 9.07. The molecule has 0 saturated carbocycles. The Morgan fingerprint density at radius 1 is 1.19 bits per heavy atom. The van der Waals surface area contributed by atoms with E-state index in [-0.39, 0.29) is 12.6 Å². The predicted octanol–water partition coefficient (Wildman–Crippen LogP) is 0.240. The van der Waals surface area contributed by atoms with Gasteiger partial charge >= 0.3 is 0 Å². The van der Waals surface area contributed by atoms with Crippen LogP contribution in [0.15, 0.2) is 24.3 Å². The zero-order chi connectivity index (χ0) is 18.6. The van der Waals surface area contributed by atoms with Gasteiger partial charge in [-0.05, 0) is 18.6 Å². The molecule has 2 saturated heterocycles. The molecule has 0 spiro atoms. The average Bonchev–Trinajstić information content (AvgIpc) is 3.00. The highest BCUT2D eigenvalue weighted by Crippen LogP contribution is 2.26. The highest BCUT2D eigenvalue weighted by Gasteiger charge is 2.33. The Morgan fingerprint density at radius 3 is 2.50 bits per heavy atom. The van der Waals surface area contributed by atoms with Crippen molar-refractivity contribution in [3.8, 4) is 11.5 Å². The Morgan fingerprint density at radius 2 is 1.88 bits per heavy atom. The molecule has 146 valence electrons. The molecule has 0 aromatic heterocycles. The SMILES string of the molecule is COc1ccccc1OC[C@@H](O)CN1CCN([C@H]2CCS(=O)(=O)C2)CC1. The predicted molar refractivity (Wildman–Crippen MR) is 99.6 cm³/mol. The van der Waals surface area contributed by atoms with Crippen LogP contribution >= 0.6 is 0 Å². The fourth-order valence-corrected chi connectivity index (χ4v) is 5.41. The summed E-state index contributed by atoms with van der Waals surface area (Å²) in [6, 6.07) is 7.55. The normalized spacial score (nSPS) is 25.1. The third-order valence-electron chi connectivity index (χ3n) is 5.10. The first-order chi connectivity index (χ1) is 12.5. The molecule has 0 bridgehead atoms. The molecule has 0 unspecified atom stereocenters. The molecule has 2 aliphatic heterocycles. The van der Waals surface area contributed by atoms with Crippen molar-refractivity contribution in [1.29, 1.82) is 0 Å². The minimum Gasteiger partial charge on any atom is -0.493 e. The maximum atomic E-state index is 11.6. The van der Waals surface area contributed by atoms with E-state index in [0.29, 0.717) is 29.5 Å². The van der Waals surface area contributed by atoms with Gasteiger partial charge in [0.15, 0.2) is 21.3 Å². The van der Waals surface area contributed by atoms with Crippen LogP contribution < -0.4 is 9.47 Å². The summed E-state index contributed by atoms with van der Waals surface area (Å²) < 4.78 is 34.2. The second-order valence-corrected chi connectivity index (χ2v) is 9.24. The van der Waals surface area contributed by atoms with Gasteiger partial charge in [-0.3, -0.25) is 9.80 Å². The highest BCUT2D eigenvalue weighted by molar-refractivity contribution is 7.91. The van der Waals surface area contributed by atoms with Crippen molar-refractivity contribution in [2.75, 3.05) is 57.9 Å². The lowest BCUT2D eigenvalue weighted by atomic mass is 10.2. The van der Waals surface area contributed by atoms with Crippen molar-refractivity contribution in [3.05, 3.63) is 24.3 Å². The first-order valence-corrected chi connectivity index (χ1v) is 10.9. The van der Waals surface area contributed by atoms with Gasteiger partial charge in [0.2, 0.25) is 0 Å². The number of piperazine rings is 1. The fraction of sp³-hybridized carbons (Fsp3) is 0.667. The van der Waals surface area contributed by atoms with Crippen LogP contribution in [-0.4, -0.2) is 93.4 Å². The molecule has 2 heterocycles. The number of sulfone groups is 1. The summed E-state index contributed by atoms with van der Waals surface area (Å²) >= 11 is 0. The zero-order valence-corrected chi connectivity index (χ0v) is 16.0. The Hall–Kier alpha value is -1.35. The van der Waals surface area contributed by atoms with Gasteiger partial charge in [0.25, 0.3) is 0 Å². The second-order valence-electron chi connectivity index (χ2n) is 7.01. The van der Waals surface area contributed by atoms with Gasteiger partial charge in [0.05, 0.1) is 18.6 Å². The number of aliphatic hydroxyl groups excluding tert-OH is 1. The van der Waals surface area contributed by atoms with Crippen LogP contribution in [0.25, 0.3) is 0 Å². The number of nitrogens with zero attached hydrogens (tertiary/aromatic N) is 2. The Bertz CT molecular complexity index is 689. The summed E-state index contributed by atoms with van der Waals surface area (Å²) in [4.78, 5) is 4.48. The van der Waals surface area contributed by atoms with E-state index in [1.807, 2.05) is 24.3 Å². The maximum Gasteiger partial charge on any atom is 0.161 e. The van der Waals surface area contributed by atoms with Crippen molar-refractivity contribution < 1.29 is 23.0 Å². The van der Waals surface area contributed by atoms with Crippen LogP contribution in [0.4, 0.5) is 0 Å². The smallest absolute Gasteiger partial charge is 0.161 e. The van der Waals surface area contributed by atoms with Crippen LogP contribution in [0, 0.1) is 0 Å². The molecular weight excluding hydrogens is 356 g/mol. The van der Waals surface area contributed by atoms with E-state index in [2.05, 4.69) is 9.80 Å². The van der Waals surface area contributed by atoms with Crippen LogP contribution in [0.1, 0.15) is 6.42 Å². The molecule has 8 heteroatoms. The van der Waals surface area contributed by atoms with E-state index >= 15 is 0 Å². The average molecular weight is 384 g/mol. The standard InChI is InChI=1S/C18H28N2O5S/c1-24-17-4-2-3-5-18(17)25-13-16(21)12-19-7-9-20(10-8-19)15-6-11-26(22,23)14-15/h2-5,15-16,21H,6-14H2,1H3/t15-,16-/m0/s1. The molecule has 1 N–H and O–H groups in total. The molecule has 2 atom stereocenters. The summed E-state index contributed by atoms with van der Waals surface area (Å²) in [6.45, 7) is 4.12. The topological polar surface area (TPSA) is 79.3 Å². The van der Waals surface area contributed by atoms with Gasteiger partial charge in [-0.1, -0.05) is 12.1 Å². The van der Waals surface area contributed by atoms with E-state index in [1.54, 1.807) is 7.11 Å². The number of rotatable bonds is 7. The van der Waals surface area contributed by atoms with Gasteiger partial charge in [0, 0.05) is 38.8 Å². The number of hydrogen-bond acceptors (Lipinski definition) is 7. The van der Waals surface area contributed by atoms with Gasteiger partial charge in [-0.2, -0.15) is 0 Å². The fourth-order valence-electron chi connectivity index (χ4n) is 3.65. The van der Waals surface area contributed by atoms with Crippen molar-refractivity contribution in [2.45, 2.75) is 18.6 Å². The molecule has 0 amide bonds. The number of benzene rings is 1. The highest BCUT2D eigenvalue weighted by atomic mass is 32.2. The van der Waals surface area contributed by atoms with E-state index in [1.165, 1.54) is 0 Å². The van der Waals surface area contributed by atoms with E-state index < -0.39 is 15.9 Å². The molecular formula is C18H28N2O5S. The lowest BCUT2D eigenvalue weighted by Crippen LogP contribution is -2.52. The van der Waals surface area contributed by atoms with Crippen molar-refractivity contribution >= 4 is 9.84 Å². The number of ether oxygens (including phenoxy) is 2. The minimum absolute atomic E-state index is 0.168. The number of β-amino-alcohol motifs (C(OH)–C–C–N with tert-alkyl or cyclic N) is 1. The van der Waals surface area contributed by atoms with E-state index in [0.717, 1.165) is 32.6 Å². The monoisotopic (exact) mass is 384 g/mol. The molecule has 3 rings (SSSR count). The van der Waals surface area contributed by atoms with Crippen molar-refractivity contribution in [2.24, 2.45) is 0 Å². The second kappa shape index (κ2) is 8.56. The number of methoxy groups -OCH3 is 1. The molecule has 1 aromatic carbocycles. The summed E-state index contributed by atoms with van der Waals surface area (Å²) in [6.07, 6.45) is 0.163. The van der Waals surface area contributed by atoms with Crippen molar-refractivity contribution in [3.63, 3.8) is 0 Å². The van der Waals surface area contributed by atoms with Gasteiger partial charge < -0.3 is 14.6 Å². The van der Waals surface area contributed by atoms with Crippen LogP contribution in [0.5, 0.6) is 11.5 Å². The minimum atomic E-state index is -2.84. The number of hydrogen-bond donors (Lipinski definition) is 1. The third kappa shape index (κ3) is 5.09. The molecule has 0 aliphatic carbocycles. The molecule has 0 radical (unpaired) electrons. The largest absolute Gasteiger partial charge is 0.493 e. The van der Waals surface area contributed by atoms with E-state index in [4.69, 9.17) is 9.47 Å². The van der Waals surface area contributed by atoms with Crippen LogP contribution in [0.2, 0.25) is 0 Å².